The molecule has 0 aromatic rings. The highest BCUT2D eigenvalue weighted by Gasteiger charge is 2.71. The van der Waals surface area contributed by atoms with Crippen molar-refractivity contribution in [1.82, 2.24) is 16.0 Å². The normalized spacial score (nSPS) is 41.7. The molecule has 2 heterocycles. The first-order valence-electron chi connectivity index (χ1n) is 29.5. The van der Waals surface area contributed by atoms with E-state index in [0.717, 1.165) is 39.1 Å². The topological polar surface area (TPSA) is 321 Å². The average molecular weight is 1160 g/mol. The summed E-state index contributed by atoms with van der Waals surface area (Å²) >= 11 is 0. The van der Waals surface area contributed by atoms with Crippen LogP contribution >= 0.6 is 0 Å². The van der Waals surface area contributed by atoms with Gasteiger partial charge in [0.2, 0.25) is 5.91 Å². The molecule has 22 nitrogen and oxygen atoms in total. The summed E-state index contributed by atoms with van der Waals surface area (Å²) in [6.45, 7) is 25.4. The lowest BCUT2D eigenvalue weighted by Gasteiger charge is -2.70. The minimum absolute atomic E-state index is 0.0425. The van der Waals surface area contributed by atoms with Crippen LogP contribution in [0.5, 0.6) is 0 Å². The van der Waals surface area contributed by atoms with Crippen LogP contribution in [0, 0.1) is 68.0 Å². The summed E-state index contributed by atoms with van der Waals surface area (Å²) in [6.07, 6.45) is -12.8. The highest BCUT2D eigenvalue weighted by molar-refractivity contribution is 5.96. The number of carbonyl (C=O) groups is 7. The van der Waals surface area contributed by atoms with E-state index in [1.807, 2.05) is 40.7 Å². The number of rotatable bonds is 16. The van der Waals surface area contributed by atoms with Gasteiger partial charge in [0.05, 0.1) is 27.4 Å². The molecular formula is C60H95N3O19. The Balaban J connectivity index is 1.19. The van der Waals surface area contributed by atoms with Gasteiger partial charge in [0.1, 0.15) is 54.7 Å². The summed E-state index contributed by atoms with van der Waals surface area (Å²) < 4.78 is 40.1. The third kappa shape index (κ3) is 11.3. The molecule has 464 valence electrons. The minimum Gasteiger partial charge on any atom is -0.467 e. The van der Waals surface area contributed by atoms with Crippen molar-refractivity contribution in [2.24, 2.45) is 68.0 Å². The van der Waals surface area contributed by atoms with Crippen molar-refractivity contribution in [3.63, 3.8) is 0 Å². The summed E-state index contributed by atoms with van der Waals surface area (Å²) in [5.74, 6) is -6.13. The fourth-order valence-electron chi connectivity index (χ4n) is 16.1. The molecule has 3 amide bonds. The van der Waals surface area contributed by atoms with Crippen LogP contribution in [0.15, 0.2) is 11.6 Å². The van der Waals surface area contributed by atoms with Crippen LogP contribution in [0.25, 0.3) is 0 Å². The third-order valence-electron chi connectivity index (χ3n) is 21.5. The van der Waals surface area contributed by atoms with E-state index in [4.69, 9.17) is 33.2 Å². The van der Waals surface area contributed by atoms with Gasteiger partial charge in [-0.25, -0.2) is 14.4 Å². The molecule has 8 N–H and O–H groups in total. The van der Waals surface area contributed by atoms with Gasteiger partial charge in [-0.2, -0.15) is 0 Å². The maximum atomic E-state index is 15.4. The van der Waals surface area contributed by atoms with Crippen LogP contribution in [0.1, 0.15) is 148 Å². The summed E-state index contributed by atoms with van der Waals surface area (Å²) in [6, 6.07) is -3.20. The Morgan fingerprint density at radius 1 is 0.585 bits per heavy atom. The van der Waals surface area contributed by atoms with E-state index >= 15 is 4.79 Å². The Hall–Kier alpha value is -4.13. The van der Waals surface area contributed by atoms with Crippen LogP contribution in [0.3, 0.4) is 0 Å². The zero-order valence-corrected chi connectivity index (χ0v) is 50.9. The quantitative estimate of drug-likeness (QED) is 0.0626. The number of allylic oxidation sites excluding steroid dienone is 2. The molecule has 0 aromatic carbocycles. The number of ketones is 1. The fraction of sp³-hybridized carbons (Fsp3) is 0.850. The van der Waals surface area contributed by atoms with Gasteiger partial charge in [-0.3, -0.25) is 19.2 Å². The molecule has 7 rings (SSSR count). The Bertz CT molecular complexity index is 2470. The molecule has 6 fully saturated rings. The summed E-state index contributed by atoms with van der Waals surface area (Å²) in [5.41, 5.74) is -2.14. The van der Waals surface area contributed by atoms with Gasteiger partial charge in [-0.15, -0.1) is 0 Å². The molecule has 0 radical (unpaired) electrons. The highest BCUT2D eigenvalue weighted by atomic mass is 16.8. The molecule has 82 heavy (non-hydrogen) atoms. The van der Waals surface area contributed by atoms with E-state index in [2.05, 4.69) is 43.6 Å². The molecule has 5 aliphatic carbocycles. The lowest BCUT2D eigenvalue weighted by molar-refractivity contribution is -0.369. The molecule has 22 atom stereocenters. The Morgan fingerprint density at radius 3 is 1.59 bits per heavy atom. The van der Waals surface area contributed by atoms with Crippen LogP contribution in [0.2, 0.25) is 0 Å². The Kier molecular flexibility index (Phi) is 19.1. The number of aliphatic hydroxyl groups excluding tert-OH is 5. The van der Waals surface area contributed by atoms with Gasteiger partial charge in [-0.1, -0.05) is 95.6 Å². The molecule has 2 saturated heterocycles. The predicted octanol–water partition coefficient (Wildman–Crippen LogP) is 2.93. The van der Waals surface area contributed by atoms with Crippen LogP contribution in [0.4, 0.5) is 0 Å². The van der Waals surface area contributed by atoms with Crippen LogP contribution in [-0.2, 0) is 66.7 Å². The number of amides is 3. The van der Waals surface area contributed by atoms with E-state index in [9.17, 15) is 54.3 Å². The van der Waals surface area contributed by atoms with Crippen LogP contribution in [-0.4, -0.2) is 174 Å². The molecular weight excluding hydrogens is 1070 g/mol. The van der Waals surface area contributed by atoms with Gasteiger partial charge >= 0.3 is 17.9 Å². The van der Waals surface area contributed by atoms with Gasteiger partial charge in [0.15, 0.2) is 30.6 Å². The van der Waals surface area contributed by atoms with Crippen LogP contribution < -0.4 is 16.0 Å². The maximum Gasteiger partial charge on any atom is 0.328 e. The standard InChI is InChI=1S/C60H95N3O19/c1-27(2)35(49(72)76-14)61-47(70)43-39(66)38(65)42(69)52(80-43)82-45-41(68)40(67)44(48(71)62-36(28(3)4)50(73)77-15)81-53(45)79-34-18-19-58(11)33(55(34,7)8)17-20-60(13)46(58)32(64)25-30-31-26-57(10,22-21-56(31,9)23-24-59(30,60)12)54(75)63-37(29(5)6)51(74)78-16/h25,27-29,31,33-46,52-53,65-69H,17-24,26H2,1-16H3,(H,61,70)(H,62,71)(H,63,75)/t31?,33?,34?,35?,36?,37?,38?,39?,40?,41?,42?,43?,44?,45?,46?,52?,53?,56-,57+,58+,59-,60-/m1/s1. The zero-order chi connectivity index (χ0) is 61.3. The SMILES string of the molecule is COC(=O)C(NC(=O)C1OC(OC2C(OC3CC[C@@]4(C)C(CC[C@]5(C)C4C(=O)C=C4C6C[C@@](C)(C(=O)NC(C(=O)OC)C(C)C)CC[C@]6(C)CC[C@]45C)C3(C)C)OC(C(=O)NC(C(=O)OC)C(C)C)C(O)C2O)C(O)C(O)C1O)C(C)C. The number of hydrogen-bond acceptors (Lipinski definition) is 19. The Labute approximate surface area is 482 Å². The van der Waals surface area contributed by atoms with Gasteiger partial charge in [0.25, 0.3) is 11.8 Å². The first kappa shape index (κ1) is 65.4. The zero-order valence-electron chi connectivity index (χ0n) is 50.9. The van der Waals surface area contributed by atoms with Crippen molar-refractivity contribution >= 4 is 41.4 Å². The smallest absolute Gasteiger partial charge is 0.328 e. The van der Waals surface area contributed by atoms with Crippen molar-refractivity contribution in [1.29, 1.82) is 0 Å². The van der Waals surface area contributed by atoms with Crippen molar-refractivity contribution in [2.75, 3.05) is 21.3 Å². The van der Waals surface area contributed by atoms with E-state index in [0.29, 0.717) is 38.5 Å². The first-order valence-corrected chi connectivity index (χ1v) is 29.5. The number of fused-ring (bicyclic) bond motifs is 7. The van der Waals surface area contributed by atoms with E-state index in [-0.39, 0.29) is 34.9 Å². The number of methoxy groups -OCH3 is 3. The summed E-state index contributed by atoms with van der Waals surface area (Å²) in [7, 11) is 3.60. The molecule has 0 spiro atoms. The number of carbonyl (C=O) groups excluding carboxylic acids is 7. The number of nitrogens with one attached hydrogen (secondary N) is 3. The number of ether oxygens (including phenoxy) is 7. The summed E-state index contributed by atoms with van der Waals surface area (Å²) in [4.78, 5) is 95.8. The molecule has 0 bridgehead atoms. The molecule has 22 heteroatoms. The summed E-state index contributed by atoms with van der Waals surface area (Å²) in [5, 5.41) is 65.3. The number of esters is 3. The largest absolute Gasteiger partial charge is 0.467 e. The number of aliphatic hydroxyl groups is 5. The molecule has 2 aliphatic heterocycles. The van der Waals surface area contributed by atoms with E-state index in [1.54, 1.807) is 27.7 Å². The number of hydrogen-bond donors (Lipinski definition) is 8. The molecule has 0 aromatic heterocycles. The van der Waals surface area contributed by atoms with Crippen molar-refractivity contribution < 1.29 is 92.3 Å². The lowest BCUT2D eigenvalue weighted by atomic mass is 9.33. The van der Waals surface area contributed by atoms with Gasteiger partial charge < -0.3 is 74.6 Å². The lowest BCUT2D eigenvalue weighted by Crippen LogP contribution is -2.69. The maximum absolute atomic E-state index is 15.4. The average Bonchev–Trinajstić information content (AvgIpc) is 2.00. The van der Waals surface area contributed by atoms with Crippen molar-refractivity contribution in [3.8, 4) is 0 Å². The van der Waals surface area contributed by atoms with Gasteiger partial charge in [-0.05, 0) is 121 Å². The molecule has 17 unspecified atom stereocenters. The Morgan fingerprint density at radius 2 is 1.07 bits per heavy atom. The highest BCUT2D eigenvalue weighted by Crippen LogP contribution is 2.75. The van der Waals surface area contributed by atoms with Crippen molar-refractivity contribution in [2.45, 2.75) is 233 Å². The first-order chi connectivity index (χ1) is 38.0. The predicted molar refractivity (Wildman–Crippen MR) is 293 cm³/mol. The monoisotopic (exact) mass is 1160 g/mol. The van der Waals surface area contributed by atoms with E-state index < -0.39 is 160 Å². The fourth-order valence-corrected chi connectivity index (χ4v) is 16.1. The second-order valence-electron chi connectivity index (χ2n) is 27.9. The minimum atomic E-state index is -2.09. The van der Waals surface area contributed by atoms with Crippen molar-refractivity contribution in [3.05, 3.63) is 11.6 Å². The van der Waals surface area contributed by atoms with E-state index in [1.165, 1.54) is 7.11 Å². The molecule has 7 aliphatic rings. The third-order valence-corrected chi connectivity index (χ3v) is 21.5. The molecule has 4 saturated carbocycles. The second-order valence-corrected chi connectivity index (χ2v) is 27.9. The second kappa shape index (κ2) is 24.0. The van der Waals surface area contributed by atoms with Gasteiger partial charge in [0, 0.05) is 11.3 Å².